The number of rotatable bonds is 3. The van der Waals surface area contributed by atoms with E-state index >= 15 is 0 Å². The van der Waals surface area contributed by atoms with E-state index in [1.807, 2.05) is 0 Å². The fourth-order valence-corrected chi connectivity index (χ4v) is 2.77. The lowest BCUT2D eigenvalue weighted by Gasteiger charge is -2.34. The van der Waals surface area contributed by atoms with E-state index in [1.54, 1.807) is 6.07 Å². The number of hydrogen-bond acceptors (Lipinski definition) is 2. The molecule has 1 aliphatic rings. The SMILES string of the molecule is CCC(N)(c1ccc(F)cn1)C1CCCC1. The molecule has 1 aromatic rings. The van der Waals surface area contributed by atoms with Crippen LogP contribution in [0.2, 0.25) is 0 Å². The van der Waals surface area contributed by atoms with Crippen molar-refractivity contribution < 1.29 is 4.39 Å². The Morgan fingerprint density at radius 2 is 2.12 bits per heavy atom. The average Bonchev–Trinajstić information content (AvgIpc) is 2.83. The lowest BCUT2D eigenvalue weighted by molar-refractivity contribution is 0.261. The van der Waals surface area contributed by atoms with Crippen molar-refractivity contribution in [2.45, 2.75) is 44.6 Å². The maximum atomic E-state index is 12.9. The van der Waals surface area contributed by atoms with Gasteiger partial charge in [0, 0.05) is 0 Å². The maximum Gasteiger partial charge on any atom is 0.141 e. The van der Waals surface area contributed by atoms with Crippen molar-refractivity contribution in [3.63, 3.8) is 0 Å². The Bertz CT molecular complexity index is 343. The Hall–Kier alpha value is -0.960. The van der Waals surface area contributed by atoms with Gasteiger partial charge >= 0.3 is 0 Å². The molecule has 0 amide bonds. The van der Waals surface area contributed by atoms with Gasteiger partial charge in [-0.15, -0.1) is 0 Å². The Labute approximate surface area is 96.1 Å². The van der Waals surface area contributed by atoms with Crippen molar-refractivity contribution in [3.8, 4) is 0 Å². The highest BCUT2D eigenvalue weighted by Crippen LogP contribution is 2.39. The van der Waals surface area contributed by atoms with Crippen LogP contribution in [0.25, 0.3) is 0 Å². The quantitative estimate of drug-likeness (QED) is 0.854. The molecule has 2 nitrogen and oxygen atoms in total. The Balaban J connectivity index is 2.29. The molecule has 2 N–H and O–H groups in total. The second-order valence-electron chi connectivity index (χ2n) is 4.74. The second-order valence-corrected chi connectivity index (χ2v) is 4.74. The molecule has 0 bridgehead atoms. The van der Waals surface area contributed by atoms with Crippen LogP contribution in [0.1, 0.15) is 44.7 Å². The summed E-state index contributed by atoms with van der Waals surface area (Å²) in [6.45, 7) is 2.09. The highest BCUT2D eigenvalue weighted by atomic mass is 19.1. The minimum Gasteiger partial charge on any atom is -0.320 e. The van der Waals surface area contributed by atoms with E-state index in [0.717, 1.165) is 12.1 Å². The number of hydrogen-bond donors (Lipinski definition) is 1. The van der Waals surface area contributed by atoms with Gasteiger partial charge in [-0.05, 0) is 37.3 Å². The van der Waals surface area contributed by atoms with Gasteiger partial charge in [0.25, 0.3) is 0 Å². The third-order valence-electron chi connectivity index (χ3n) is 3.87. The summed E-state index contributed by atoms with van der Waals surface area (Å²) in [5.41, 5.74) is 6.95. The summed E-state index contributed by atoms with van der Waals surface area (Å²) in [6.07, 6.45) is 6.97. The molecule has 0 aliphatic heterocycles. The van der Waals surface area contributed by atoms with Gasteiger partial charge in [-0.25, -0.2) is 4.39 Å². The summed E-state index contributed by atoms with van der Waals surface area (Å²) in [6, 6.07) is 3.19. The lowest BCUT2D eigenvalue weighted by Crippen LogP contribution is -2.43. The first-order valence-corrected chi connectivity index (χ1v) is 6.07. The molecule has 1 aromatic heterocycles. The van der Waals surface area contributed by atoms with E-state index < -0.39 is 0 Å². The first-order valence-electron chi connectivity index (χ1n) is 6.07. The fraction of sp³-hybridized carbons (Fsp3) is 0.615. The Morgan fingerprint density at radius 1 is 1.44 bits per heavy atom. The van der Waals surface area contributed by atoms with E-state index in [-0.39, 0.29) is 11.4 Å². The van der Waals surface area contributed by atoms with Crippen LogP contribution in [-0.4, -0.2) is 4.98 Å². The van der Waals surface area contributed by atoms with Gasteiger partial charge in [-0.1, -0.05) is 19.8 Å². The van der Waals surface area contributed by atoms with E-state index in [2.05, 4.69) is 11.9 Å². The highest BCUT2D eigenvalue weighted by Gasteiger charge is 2.37. The standard InChI is InChI=1S/C13H19FN2/c1-2-13(15,10-5-3-4-6-10)12-8-7-11(14)9-16-12/h7-10H,2-6,15H2,1H3. The number of pyridine rings is 1. The van der Waals surface area contributed by atoms with Gasteiger partial charge in [-0.3, -0.25) is 4.98 Å². The molecule has 1 atom stereocenters. The number of aromatic nitrogens is 1. The minimum atomic E-state index is -0.371. The fourth-order valence-electron chi connectivity index (χ4n) is 2.77. The van der Waals surface area contributed by atoms with E-state index in [9.17, 15) is 4.39 Å². The normalized spacial score (nSPS) is 20.9. The largest absolute Gasteiger partial charge is 0.320 e. The summed E-state index contributed by atoms with van der Waals surface area (Å²) in [5, 5.41) is 0. The molecule has 1 unspecified atom stereocenters. The Kier molecular flexibility index (Phi) is 3.24. The molecule has 0 saturated heterocycles. The summed E-state index contributed by atoms with van der Waals surface area (Å²) >= 11 is 0. The van der Waals surface area contributed by atoms with Crippen molar-refractivity contribution in [1.29, 1.82) is 0 Å². The maximum absolute atomic E-state index is 12.9. The Morgan fingerprint density at radius 3 is 2.62 bits per heavy atom. The molecule has 2 rings (SSSR count). The molecule has 88 valence electrons. The van der Waals surface area contributed by atoms with Crippen molar-refractivity contribution >= 4 is 0 Å². The van der Waals surface area contributed by atoms with Gasteiger partial charge in [0.15, 0.2) is 0 Å². The van der Waals surface area contributed by atoms with Crippen LogP contribution in [-0.2, 0) is 5.54 Å². The topological polar surface area (TPSA) is 38.9 Å². The zero-order valence-electron chi connectivity index (χ0n) is 9.75. The number of halogens is 1. The zero-order chi connectivity index (χ0) is 11.6. The van der Waals surface area contributed by atoms with Crippen molar-refractivity contribution in [2.75, 3.05) is 0 Å². The summed E-state index contributed by atoms with van der Waals surface area (Å²) in [7, 11) is 0. The van der Waals surface area contributed by atoms with E-state index in [1.165, 1.54) is 37.9 Å². The van der Waals surface area contributed by atoms with Gasteiger partial charge < -0.3 is 5.73 Å². The summed E-state index contributed by atoms with van der Waals surface area (Å²) < 4.78 is 12.9. The van der Waals surface area contributed by atoms with Crippen LogP contribution >= 0.6 is 0 Å². The van der Waals surface area contributed by atoms with Crippen LogP contribution in [0.3, 0.4) is 0 Å². The average molecular weight is 222 g/mol. The highest BCUT2D eigenvalue weighted by molar-refractivity contribution is 5.17. The van der Waals surface area contributed by atoms with Gasteiger partial charge in [0.05, 0.1) is 17.4 Å². The molecule has 1 fully saturated rings. The molecular formula is C13H19FN2. The zero-order valence-corrected chi connectivity index (χ0v) is 9.75. The summed E-state index contributed by atoms with van der Waals surface area (Å²) in [5.74, 6) is 0.198. The monoisotopic (exact) mass is 222 g/mol. The predicted molar refractivity (Wildman–Crippen MR) is 62.3 cm³/mol. The number of nitrogens with two attached hydrogens (primary N) is 1. The minimum absolute atomic E-state index is 0.298. The van der Waals surface area contributed by atoms with Crippen LogP contribution < -0.4 is 5.73 Å². The van der Waals surface area contributed by atoms with Crippen molar-refractivity contribution in [2.24, 2.45) is 11.7 Å². The molecule has 16 heavy (non-hydrogen) atoms. The van der Waals surface area contributed by atoms with Crippen LogP contribution in [0.5, 0.6) is 0 Å². The first kappa shape index (κ1) is 11.5. The molecule has 1 heterocycles. The van der Waals surface area contributed by atoms with Crippen LogP contribution in [0, 0.1) is 11.7 Å². The predicted octanol–water partition coefficient (Wildman–Crippen LogP) is 2.97. The van der Waals surface area contributed by atoms with Crippen molar-refractivity contribution in [3.05, 3.63) is 29.8 Å². The first-order chi connectivity index (χ1) is 7.66. The second kappa shape index (κ2) is 4.50. The van der Waals surface area contributed by atoms with Gasteiger partial charge in [-0.2, -0.15) is 0 Å². The summed E-state index contributed by atoms with van der Waals surface area (Å²) in [4.78, 5) is 4.17. The molecule has 1 saturated carbocycles. The third-order valence-corrected chi connectivity index (χ3v) is 3.87. The molecule has 0 aromatic carbocycles. The third kappa shape index (κ3) is 1.96. The van der Waals surface area contributed by atoms with Gasteiger partial charge in [0.2, 0.25) is 0 Å². The molecular weight excluding hydrogens is 203 g/mol. The van der Waals surface area contributed by atoms with E-state index in [4.69, 9.17) is 5.73 Å². The molecule has 1 aliphatic carbocycles. The smallest absolute Gasteiger partial charge is 0.141 e. The van der Waals surface area contributed by atoms with Gasteiger partial charge in [0.1, 0.15) is 5.82 Å². The van der Waals surface area contributed by atoms with Crippen LogP contribution in [0.15, 0.2) is 18.3 Å². The van der Waals surface area contributed by atoms with Crippen LogP contribution in [0.4, 0.5) is 4.39 Å². The lowest BCUT2D eigenvalue weighted by atomic mass is 9.78. The van der Waals surface area contributed by atoms with E-state index in [0.29, 0.717) is 5.92 Å². The molecule has 0 radical (unpaired) electrons. The van der Waals surface area contributed by atoms with Crippen molar-refractivity contribution in [1.82, 2.24) is 4.98 Å². The molecule has 3 heteroatoms. The molecule has 0 spiro atoms. The number of nitrogens with zero attached hydrogens (tertiary/aromatic N) is 1.